The fourth-order valence-electron chi connectivity index (χ4n) is 4.62. The number of nitrogens with zero attached hydrogens (tertiary/aromatic N) is 4. The second-order valence-electron chi connectivity index (χ2n) is 8.12. The van der Waals surface area contributed by atoms with Crippen LogP contribution in [0.2, 0.25) is 0 Å². The third-order valence-electron chi connectivity index (χ3n) is 6.12. The van der Waals surface area contributed by atoms with E-state index in [1.807, 2.05) is 11.8 Å². The van der Waals surface area contributed by atoms with Crippen LogP contribution in [0.5, 0.6) is 0 Å². The van der Waals surface area contributed by atoms with E-state index in [-0.39, 0.29) is 5.91 Å². The highest BCUT2D eigenvalue weighted by atomic mass is 16.2. The third kappa shape index (κ3) is 4.08. The molecule has 1 aromatic heterocycles. The first-order valence-corrected chi connectivity index (χ1v) is 10.2. The minimum absolute atomic E-state index is 0.275. The molecule has 5 heteroatoms. The summed E-state index contributed by atoms with van der Waals surface area (Å²) in [4.78, 5) is 17.2. The lowest BCUT2D eigenvalue weighted by Crippen LogP contribution is -2.42. The molecule has 0 radical (unpaired) electrons. The number of carbonyl (C=O) groups excluding carboxylic acids is 1. The predicted molar refractivity (Wildman–Crippen MR) is 107 cm³/mol. The van der Waals surface area contributed by atoms with Crippen molar-refractivity contribution < 1.29 is 4.79 Å². The Kier molecular flexibility index (Phi) is 5.30. The summed E-state index contributed by atoms with van der Waals surface area (Å²) in [5.41, 5.74) is 3.68. The minimum atomic E-state index is 0.275. The first-order chi connectivity index (χ1) is 13.1. The first kappa shape index (κ1) is 18.2. The van der Waals surface area contributed by atoms with Crippen LogP contribution in [0.25, 0.3) is 0 Å². The molecule has 0 N–H and O–H groups in total. The predicted octanol–water partition coefficient (Wildman–Crippen LogP) is 3.15. The maximum atomic E-state index is 12.8. The number of likely N-dealkylation sites (tertiary alicyclic amines) is 2. The van der Waals surface area contributed by atoms with Crippen LogP contribution < -0.4 is 0 Å². The number of aryl methyl sites for hydroxylation is 2. The van der Waals surface area contributed by atoms with Gasteiger partial charge in [-0.05, 0) is 63.7 Å². The molecule has 144 valence electrons. The molecule has 1 atom stereocenters. The van der Waals surface area contributed by atoms with Crippen molar-refractivity contribution in [1.29, 1.82) is 0 Å². The molecule has 0 unspecified atom stereocenters. The Morgan fingerprint density at radius 1 is 1.07 bits per heavy atom. The van der Waals surface area contributed by atoms with Crippen molar-refractivity contribution in [2.45, 2.75) is 45.1 Å². The smallest absolute Gasteiger partial charge is 0.236 e. The van der Waals surface area contributed by atoms with Gasteiger partial charge in [-0.3, -0.25) is 14.4 Å². The molecule has 3 heterocycles. The Balaban J connectivity index is 1.27. The van der Waals surface area contributed by atoms with E-state index >= 15 is 0 Å². The van der Waals surface area contributed by atoms with Crippen molar-refractivity contribution in [1.82, 2.24) is 19.6 Å². The number of hydrogen-bond donors (Lipinski definition) is 0. The first-order valence-electron chi connectivity index (χ1n) is 10.2. The van der Waals surface area contributed by atoms with Crippen LogP contribution in [0.3, 0.4) is 0 Å². The lowest BCUT2D eigenvalue weighted by Gasteiger charge is -2.32. The van der Waals surface area contributed by atoms with Crippen LogP contribution >= 0.6 is 0 Å². The SMILES string of the molecule is Cc1cc(C)n([C@@H]2CCN(C(=O)CN3CCC(c4ccccc4)CC3)C2)n1. The van der Waals surface area contributed by atoms with Gasteiger partial charge in [0, 0.05) is 18.8 Å². The Morgan fingerprint density at radius 2 is 1.81 bits per heavy atom. The van der Waals surface area contributed by atoms with E-state index in [1.165, 1.54) is 11.3 Å². The van der Waals surface area contributed by atoms with Gasteiger partial charge in [-0.2, -0.15) is 5.10 Å². The topological polar surface area (TPSA) is 41.4 Å². The zero-order valence-electron chi connectivity index (χ0n) is 16.5. The van der Waals surface area contributed by atoms with Crippen molar-refractivity contribution in [2.75, 3.05) is 32.7 Å². The molecule has 4 rings (SSSR count). The second-order valence-corrected chi connectivity index (χ2v) is 8.12. The van der Waals surface area contributed by atoms with Gasteiger partial charge in [0.05, 0.1) is 18.3 Å². The van der Waals surface area contributed by atoms with Crippen molar-refractivity contribution >= 4 is 5.91 Å². The summed E-state index contributed by atoms with van der Waals surface area (Å²) in [6.07, 6.45) is 3.29. The Morgan fingerprint density at radius 3 is 2.48 bits per heavy atom. The number of rotatable bonds is 4. The molecule has 0 bridgehead atoms. The van der Waals surface area contributed by atoms with E-state index in [0.717, 1.165) is 51.1 Å². The number of aromatic nitrogens is 2. The fourth-order valence-corrected chi connectivity index (χ4v) is 4.62. The van der Waals surface area contributed by atoms with Gasteiger partial charge in [0.25, 0.3) is 0 Å². The molecular formula is C22H30N4O. The summed E-state index contributed by atoms with van der Waals surface area (Å²) in [5.74, 6) is 0.914. The highest BCUT2D eigenvalue weighted by Gasteiger charge is 2.30. The molecule has 0 spiro atoms. The van der Waals surface area contributed by atoms with Gasteiger partial charge in [0.2, 0.25) is 5.91 Å². The minimum Gasteiger partial charge on any atom is -0.339 e. The van der Waals surface area contributed by atoms with Crippen LogP contribution in [-0.2, 0) is 4.79 Å². The summed E-state index contributed by atoms with van der Waals surface area (Å²) < 4.78 is 2.11. The van der Waals surface area contributed by atoms with E-state index in [9.17, 15) is 4.79 Å². The van der Waals surface area contributed by atoms with Crippen LogP contribution in [0.1, 0.15) is 48.2 Å². The van der Waals surface area contributed by atoms with Gasteiger partial charge in [-0.25, -0.2) is 0 Å². The lowest BCUT2D eigenvalue weighted by atomic mass is 9.89. The van der Waals surface area contributed by atoms with E-state index in [0.29, 0.717) is 18.5 Å². The Labute approximate surface area is 162 Å². The van der Waals surface area contributed by atoms with Crippen molar-refractivity contribution in [3.63, 3.8) is 0 Å². The van der Waals surface area contributed by atoms with E-state index in [4.69, 9.17) is 0 Å². The van der Waals surface area contributed by atoms with Crippen molar-refractivity contribution in [3.05, 3.63) is 53.3 Å². The lowest BCUT2D eigenvalue weighted by molar-refractivity contribution is -0.131. The van der Waals surface area contributed by atoms with Crippen LogP contribution in [0.15, 0.2) is 36.4 Å². The summed E-state index contributed by atoms with van der Waals surface area (Å²) in [7, 11) is 0. The summed E-state index contributed by atoms with van der Waals surface area (Å²) in [5, 5.41) is 4.61. The molecule has 2 fully saturated rings. The van der Waals surface area contributed by atoms with E-state index < -0.39 is 0 Å². The van der Waals surface area contributed by atoms with Gasteiger partial charge in [0.15, 0.2) is 0 Å². The van der Waals surface area contributed by atoms with Crippen molar-refractivity contribution in [2.24, 2.45) is 0 Å². The average Bonchev–Trinajstić information content (AvgIpc) is 3.29. The maximum Gasteiger partial charge on any atom is 0.236 e. The van der Waals surface area contributed by atoms with Gasteiger partial charge >= 0.3 is 0 Å². The number of carbonyl (C=O) groups is 1. The molecule has 0 saturated carbocycles. The summed E-state index contributed by atoms with van der Waals surface area (Å²) in [6, 6.07) is 13.2. The Bertz CT molecular complexity index is 777. The molecule has 0 aliphatic carbocycles. The quantitative estimate of drug-likeness (QED) is 0.835. The largest absolute Gasteiger partial charge is 0.339 e. The molecule has 5 nitrogen and oxygen atoms in total. The normalized spacial score (nSPS) is 21.7. The highest BCUT2D eigenvalue weighted by Crippen LogP contribution is 2.28. The molecule has 2 aliphatic heterocycles. The highest BCUT2D eigenvalue weighted by molar-refractivity contribution is 5.78. The summed E-state index contributed by atoms with van der Waals surface area (Å²) in [6.45, 7) is 8.36. The Hall–Kier alpha value is -2.14. The number of piperidine rings is 1. The van der Waals surface area contributed by atoms with Crippen LogP contribution in [0.4, 0.5) is 0 Å². The van der Waals surface area contributed by atoms with Crippen molar-refractivity contribution in [3.8, 4) is 0 Å². The number of benzene rings is 1. The van der Waals surface area contributed by atoms with Crippen LogP contribution in [0, 0.1) is 13.8 Å². The molecule has 1 amide bonds. The fraction of sp³-hybridized carbons (Fsp3) is 0.545. The zero-order valence-corrected chi connectivity index (χ0v) is 16.5. The average molecular weight is 367 g/mol. The standard InChI is InChI=1S/C22H30N4O/c1-17-14-18(2)26(23-17)21-10-13-25(15-21)22(27)16-24-11-8-20(9-12-24)19-6-4-3-5-7-19/h3-7,14,20-21H,8-13,15-16H2,1-2H3/t21-/m1/s1. The molecule has 27 heavy (non-hydrogen) atoms. The molecule has 2 aromatic rings. The third-order valence-corrected chi connectivity index (χ3v) is 6.12. The second kappa shape index (κ2) is 7.85. The number of amides is 1. The monoisotopic (exact) mass is 366 g/mol. The molecule has 2 aliphatic rings. The van der Waals surface area contributed by atoms with Gasteiger partial charge in [0.1, 0.15) is 0 Å². The van der Waals surface area contributed by atoms with Gasteiger partial charge in [-0.1, -0.05) is 30.3 Å². The van der Waals surface area contributed by atoms with Crippen LogP contribution in [-0.4, -0.2) is 58.2 Å². The van der Waals surface area contributed by atoms with Gasteiger partial charge < -0.3 is 4.90 Å². The summed E-state index contributed by atoms with van der Waals surface area (Å²) >= 11 is 0. The maximum absolute atomic E-state index is 12.8. The van der Waals surface area contributed by atoms with E-state index in [1.54, 1.807) is 0 Å². The van der Waals surface area contributed by atoms with Gasteiger partial charge in [-0.15, -0.1) is 0 Å². The molecule has 1 aromatic carbocycles. The molecule has 2 saturated heterocycles. The molecular weight excluding hydrogens is 336 g/mol. The van der Waals surface area contributed by atoms with E-state index in [2.05, 4.69) is 58.0 Å². The number of hydrogen-bond acceptors (Lipinski definition) is 3. The zero-order chi connectivity index (χ0) is 18.8.